The second-order valence-corrected chi connectivity index (χ2v) is 26.8. The molecule has 1 heterocycles. The highest BCUT2D eigenvalue weighted by Crippen LogP contribution is 2.32. The van der Waals surface area contributed by atoms with Crippen molar-refractivity contribution in [2.75, 3.05) is 34.0 Å². The van der Waals surface area contributed by atoms with Gasteiger partial charge in [0, 0.05) is 67.8 Å². The third-order valence-corrected chi connectivity index (χ3v) is 18.5. The molecule has 10 aromatic rings. The summed E-state index contributed by atoms with van der Waals surface area (Å²) in [6, 6.07) is 69.1. The minimum Gasteiger partial charge on any atom is -0.497 e. The Morgan fingerprint density at radius 3 is 1.44 bits per heavy atom. The molecule has 106 heavy (non-hydrogen) atoms. The van der Waals surface area contributed by atoms with E-state index >= 15 is 0 Å². The number of halogens is 4. The lowest BCUT2D eigenvalue weighted by Gasteiger charge is -2.25. The Balaban J connectivity index is 0.000000185. The molecule has 11 rings (SSSR count). The summed E-state index contributed by atoms with van der Waals surface area (Å²) in [7, 11) is 3.28. The van der Waals surface area contributed by atoms with Crippen molar-refractivity contribution in [3.05, 3.63) is 318 Å². The molecule has 0 bridgehead atoms. The van der Waals surface area contributed by atoms with Crippen molar-refractivity contribution in [1.29, 1.82) is 0 Å². The molecular weight excluding hydrogens is 1380 g/mol. The van der Waals surface area contributed by atoms with Gasteiger partial charge in [0.1, 0.15) is 64.4 Å². The number of benzene rings is 10. The molecule has 0 radical (unpaired) electrons. The van der Waals surface area contributed by atoms with Crippen molar-refractivity contribution in [3.63, 3.8) is 0 Å². The fourth-order valence-corrected chi connectivity index (χ4v) is 11.8. The molecule has 11 nitrogen and oxygen atoms in total. The van der Waals surface area contributed by atoms with Crippen LogP contribution in [0.4, 0.5) is 8.78 Å². The largest absolute Gasteiger partial charge is 0.497 e. The summed E-state index contributed by atoms with van der Waals surface area (Å²) in [4.78, 5) is 60.4. The van der Waals surface area contributed by atoms with Gasteiger partial charge in [-0.1, -0.05) is 163 Å². The number of para-hydroxylation sites is 4. The Morgan fingerprint density at radius 2 is 0.896 bits per heavy atom. The number of carbonyl (C=O) groups excluding carboxylic acids is 5. The van der Waals surface area contributed by atoms with E-state index in [1.807, 2.05) is 198 Å². The standard InChI is InChI=1S/C20H23FO2.C19H21FO2.C18H20O2.C17H15ClO3.C17H17ClO2/c1-3-16-9-10-18(21)13-17(16)14-19(22)6-4-5-15-7-11-20(23-2)12-8-15;1-14-6-9-17(20)12-16(14)13-18(21)5-3-4-15-7-10-19(22-2)11-8-15;1-14-8-9-16(15(2)12-14)13-17(19)10-11-20-18-6-4-3-5-7-18;1-11-6-7-12(8-13(11)18)9-14(19)17-10-20-15-4-2-3-5-16(15)21-17;1-13-14(6-5-9-17(13)18)12-15(19)10-11-20-16-7-3-2-4-8-16/h7-13H,3-6,14H2,1-2H3;6-12H,3-5,13H2,1-2H3;3-9,12H,10-11,13H2,1-2H3;2-8,17H,9-10H2,1H3;2-9H,10-12H2,1H3. The van der Waals surface area contributed by atoms with Crippen LogP contribution in [0.5, 0.6) is 34.5 Å². The third-order valence-electron chi connectivity index (χ3n) is 17.7. The smallest absolute Gasteiger partial charge is 0.191 e. The van der Waals surface area contributed by atoms with E-state index in [4.69, 9.17) is 51.6 Å². The maximum absolute atomic E-state index is 13.3. The van der Waals surface area contributed by atoms with Gasteiger partial charge in [-0.05, 0) is 231 Å². The van der Waals surface area contributed by atoms with E-state index in [9.17, 15) is 32.8 Å². The summed E-state index contributed by atoms with van der Waals surface area (Å²) in [6.45, 7) is 13.0. The number of carbonyl (C=O) groups is 5. The normalized spacial score (nSPS) is 11.6. The molecule has 0 aromatic heterocycles. The molecule has 0 saturated carbocycles. The first-order chi connectivity index (χ1) is 51.1. The lowest BCUT2D eigenvalue weighted by atomic mass is 9.97. The van der Waals surface area contributed by atoms with E-state index in [0.717, 1.165) is 105 Å². The highest BCUT2D eigenvalue weighted by Gasteiger charge is 2.27. The van der Waals surface area contributed by atoms with Crippen molar-refractivity contribution < 1.29 is 61.2 Å². The fraction of sp³-hybridized carbons (Fsp3) is 0.286. The number of ether oxygens (including phenoxy) is 6. The summed E-state index contributed by atoms with van der Waals surface area (Å²) >= 11 is 12.1. The number of aryl methyl sites for hydroxylation is 7. The first kappa shape index (κ1) is 83.1. The molecule has 1 aliphatic heterocycles. The van der Waals surface area contributed by atoms with Crippen LogP contribution in [0, 0.1) is 46.3 Å². The van der Waals surface area contributed by atoms with Gasteiger partial charge in [0.15, 0.2) is 23.4 Å². The van der Waals surface area contributed by atoms with Crippen molar-refractivity contribution in [1.82, 2.24) is 0 Å². The first-order valence-corrected chi connectivity index (χ1v) is 36.6. The van der Waals surface area contributed by atoms with Gasteiger partial charge in [-0.2, -0.15) is 0 Å². The highest BCUT2D eigenvalue weighted by atomic mass is 35.5. The van der Waals surface area contributed by atoms with Crippen molar-refractivity contribution >= 4 is 52.1 Å². The second kappa shape index (κ2) is 44.6. The average molecular weight is 1470 g/mol. The molecule has 1 atom stereocenters. The van der Waals surface area contributed by atoms with Crippen LogP contribution in [-0.2, 0) is 75.3 Å². The molecule has 15 heteroatoms. The lowest BCUT2D eigenvalue weighted by molar-refractivity contribution is -0.127. The van der Waals surface area contributed by atoms with Gasteiger partial charge in [0.05, 0.1) is 27.4 Å². The van der Waals surface area contributed by atoms with E-state index in [0.29, 0.717) is 86.1 Å². The van der Waals surface area contributed by atoms with Crippen LogP contribution in [0.1, 0.15) is 118 Å². The first-order valence-electron chi connectivity index (χ1n) is 35.8. The molecule has 1 unspecified atom stereocenters. The molecule has 0 spiro atoms. The summed E-state index contributed by atoms with van der Waals surface area (Å²) in [5.74, 6) is 4.69. The van der Waals surface area contributed by atoms with Crippen LogP contribution >= 0.6 is 23.2 Å². The van der Waals surface area contributed by atoms with Gasteiger partial charge in [-0.25, -0.2) is 8.78 Å². The zero-order chi connectivity index (χ0) is 76.2. The Labute approximate surface area is 634 Å². The minimum atomic E-state index is -0.569. The predicted octanol–water partition coefficient (Wildman–Crippen LogP) is 20.5. The number of rotatable bonds is 30. The predicted molar refractivity (Wildman–Crippen MR) is 420 cm³/mol. The zero-order valence-electron chi connectivity index (χ0n) is 62.0. The Hall–Kier alpha value is -10.2. The molecule has 0 amide bonds. The quantitative estimate of drug-likeness (QED) is 0.0425. The number of Topliss-reactive ketones (excluding diaryl/α,β-unsaturated/α-hetero) is 5. The van der Waals surface area contributed by atoms with Gasteiger partial charge in [0.25, 0.3) is 0 Å². The van der Waals surface area contributed by atoms with E-state index in [1.54, 1.807) is 32.4 Å². The van der Waals surface area contributed by atoms with Crippen LogP contribution in [0.2, 0.25) is 10.0 Å². The summed E-state index contributed by atoms with van der Waals surface area (Å²) in [5, 5.41) is 1.38. The average Bonchev–Trinajstić information content (AvgIpc) is 0.816. The van der Waals surface area contributed by atoms with Gasteiger partial charge in [0.2, 0.25) is 0 Å². The van der Waals surface area contributed by atoms with Crippen LogP contribution in [-0.4, -0.2) is 69.1 Å². The van der Waals surface area contributed by atoms with E-state index < -0.39 is 6.10 Å². The van der Waals surface area contributed by atoms with E-state index in [1.165, 1.54) is 46.5 Å². The number of methoxy groups -OCH3 is 2. The molecule has 10 aromatic carbocycles. The molecule has 0 fully saturated rings. The van der Waals surface area contributed by atoms with Crippen LogP contribution in [0.25, 0.3) is 0 Å². The third kappa shape index (κ3) is 29.4. The molecule has 0 saturated heterocycles. The van der Waals surface area contributed by atoms with Crippen molar-refractivity contribution in [2.45, 2.75) is 138 Å². The van der Waals surface area contributed by atoms with E-state index in [-0.39, 0.29) is 53.6 Å². The number of ketones is 5. The van der Waals surface area contributed by atoms with Gasteiger partial charge in [-0.3, -0.25) is 24.0 Å². The summed E-state index contributed by atoms with van der Waals surface area (Å²) in [6.07, 6.45) is 7.28. The highest BCUT2D eigenvalue weighted by molar-refractivity contribution is 6.31. The maximum Gasteiger partial charge on any atom is 0.191 e. The molecule has 0 N–H and O–H groups in total. The van der Waals surface area contributed by atoms with Crippen molar-refractivity contribution in [2.24, 2.45) is 0 Å². The van der Waals surface area contributed by atoms with E-state index in [2.05, 4.69) is 26.0 Å². The second-order valence-electron chi connectivity index (χ2n) is 26.0. The Bertz CT molecular complexity index is 4430. The lowest BCUT2D eigenvalue weighted by Crippen LogP contribution is -2.37. The van der Waals surface area contributed by atoms with Gasteiger partial charge in [-0.15, -0.1) is 0 Å². The molecule has 1 aliphatic rings. The number of fused-ring (bicyclic) bond motifs is 1. The number of hydrogen-bond donors (Lipinski definition) is 0. The van der Waals surface area contributed by atoms with Gasteiger partial charge < -0.3 is 28.4 Å². The molecule has 554 valence electrons. The summed E-state index contributed by atoms with van der Waals surface area (Å²) < 4.78 is 59.1. The van der Waals surface area contributed by atoms with Crippen LogP contribution < -0.4 is 28.4 Å². The van der Waals surface area contributed by atoms with Gasteiger partial charge >= 0.3 is 0 Å². The maximum atomic E-state index is 13.3. The fourth-order valence-electron chi connectivity index (χ4n) is 11.4. The molecule has 0 aliphatic carbocycles. The summed E-state index contributed by atoms with van der Waals surface area (Å²) in [5.41, 5.74) is 13.4. The number of hydrogen-bond acceptors (Lipinski definition) is 11. The zero-order valence-corrected chi connectivity index (χ0v) is 63.5. The Morgan fingerprint density at radius 1 is 0.415 bits per heavy atom. The monoisotopic (exact) mass is 1470 g/mol. The van der Waals surface area contributed by atoms with Crippen molar-refractivity contribution in [3.8, 4) is 34.5 Å². The van der Waals surface area contributed by atoms with Crippen LogP contribution in [0.15, 0.2) is 224 Å². The minimum absolute atomic E-state index is 0.00979. The topological polar surface area (TPSA) is 141 Å². The van der Waals surface area contributed by atoms with Crippen LogP contribution in [0.3, 0.4) is 0 Å². The SMILES string of the molecule is CCc1ccc(F)cc1CC(=O)CCCc1ccc(OC)cc1.COc1ccc(CCCC(=O)Cc2cc(F)ccc2C)cc1.Cc1c(Cl)cccc1CC(=O)CCOc1ccccc1.Cc1ccc(CC(=O)C2COc3ccccc3O2)cc1Cl.Cc1ccc(CC(=O)CCOc2ccccc2)c(C)c1. The Kier molecular flexibility index (Phi) is 34.9. The molecular formula is C91H96Cl2F2O11.